The Morgan fingerprint density at radius 3 is 2.84 bits per heavy atom. The van der Waals surface area contributed by atoms with E-state index in [9.17, 15) is 4.79 Å². The van der Waals surface area contributed by atoms with Gasteiger partial charge in [-0.2, -0.15) is 0 Å². The third-order valence-electron chi connectivity index (χ3n) is 5.32. The molecule has 3 aromatic rings. The summed E-state index contributed by atoms with van der Waals surface area (Å²) in [6, 6.07) is 16.6. The number of aryl methyl sites for hydroxylation is 1. The second-order valence-corrected chi connectivity index (χ2v) is 7.00. The number of imidazole rings is 1. The van der Waals surface area contributed by atoms with Gasteiger partial charge in [-0.3, -0.25) is 9.20 Å². The van der Waals surface area contributed by atoms with E-state index in [1.807, 2.05) is 29.5 Å². The number of hydrogen-bond donors (Lipinski definition) is 1. The van der Waals surface area contributed by atoms with Crippen molar-refractivity contribution in [2.75, 3.05) is 6.54 Å². The van der Waals surface area contributed by atoms with Crippen molar-refractivity contribution in [1.29, 1.82) is 0 Å². The summed E-state index contributed by atoms with van der Waals surface area (Å²) in [7, 11) is 0. The smallest absolute Gasteiger partial charge is 0.269 e. The summed E-state index contributed by atoms with van der Waals surface area (Å²) in [6.07, 6.45) is 5.20. The van der Waals surface area contributed by atoms with Gasteiger partial charge < -0.3 is 5.32 Å². The monoisotopic (exact) mass is 333 g/mol. The molecule has 2 heterocycles. The Morgan fingerprint density at radius 1 is 1.16 bits per heavy atom. The molecule has 2 unspecified atom stereocenters. The molecule has 2 aromatic heterocycles. The molecular weight excluding hydrogens is 310 g/mol. The molecule has 0 aliphatic heterocycles. The minimum Gasteiger partial charge on any atom is -0.350 e. The molecule has 1 amide bonds. The SMILES string of the molecule is Cc1cccc2ncc(C(=O)NCC3CCC(c4ccccc4)C3)n12. The standard InChI is InChI=1S/C21H23N3O/c1-15-6-5-9-20-22-14-19(24(15)20)21(25)23-13-16-10-11-18(12-16)17-7-3-2-4-8-17/h2-9,14,16,18H,10-13H2,1H3,(H,23,25). The first-order valence-electron chi connectivity index (χ1n) is 8.98. The van der Waals surface area contributed by atoms with Crippen LogP contribution in [0.15, 0.2) is 54.7 Å². The largest absolute Gasteiger partial charge is 0.350 e. The Bertz CT molecular complexity index is 885. The van der Waals surface area contributed by atoms with Gasteiger partial charge in [0.25, 0.3) is 5.91 Å². The van der Waals surface area contributed by atoms with Crippen LogP contribution in [0.3, 0.4) is 0 Å². The Balaban J connectivity index is 1.39. The summed E-state index contributed by atoms with van der Waals surface area (Å²) in [5.41, 5.74) is 3.87. The first-order chi connectivity index (χ1) is 12.2. The molecule has 0 radical (unpaired) electrons. The fourth-order valence-electron chi connectivity index (χ4n) is 3.98. The lowest BCUT2D eigenvalue weighted by atomic mass is 9.96. The highest BCUT2D eigenvalue weighted by atomic mass is 16.1. The van der Waals surface area contributed by atoms with Gasteiger partial charge in [0.2, 0.25) is 0 Å². The number of nitrogens with one attached hydrogen (secondary N) is 1. The van der Waals surface area contributed by atoms with Gasteiger partial charge >= 0.3 is 0 Å². The lowest BCUT2D eigenvalue weighted by molar-refractivity contribution is 0.0941. The minimum atomic E-state index is -0.0371. The predicted molar refractivity (Wildman–Crippen MR) is 98.8 cm³/mol. The number of fused-ring (bicyclic) bond motifs is 1. The van der Waals surface area contributed by atoms with E-state index in [2.05, 4.69) is 40.6 Å². The van der Waals surface area contributed by atoms with E-state index in [1.54, 1.807) is 6.20 Å². The zero-order valence-electron chi connectivity index (χ0n) is 14.5. The molecule has 1 aromatic carbocycles. The van der Waals surface area contributed by atoms with Crippen LogP contribution in [0.2, 0.25) is 0 Å². The molecule has 0 saturated heterocycles. The number of benzene rings is 1. The van der Waals surface area contributed by atoms with E-state index in [0.717, 1.165) is 24.3 Å². The topological polar surface area (TPSA) is 46.4 Å². The van der Waals surface area contributed by atoms with Crippen molar-refractivity contribution in [3.05, 3.63) is 71.7 Å². The summed E-state index contributed by atoms with van der Waals surface area (Å²) >= 11 is 0. The molecule has 25 heavy (non-hydrogen) atoms. The van der Waals surface area contributed by atoms with Crippen molar-refractivity contribution in [2.45, 2.75) is 32.1 Å². The Kier molecular flexibility index (Phi) is 4.26. The van der Waals surface area contributed by atoms with Gasteiger partial charge in [-0.15, -0.1) is 0 Å². The lowest BCUT2D eigenvalue weighted by Crippen LogP contribution is -2.29. The molecule has 1 saturated carbocycles. The fraction of sp³-hybridized carbons (Fsp3) is 0.333. The average Bonchev–Trinajstić information content (AvgIpc) is 3.28. The van der Waals surface area contributed by atoms with Gasteiger partial charge in [0.05, 0.1) is 6.20 Å². The van der Waals surface area contributed by atoms with Gasteiger partial charge in [0, 0.05) is 12.2 Å². The number of nitrogens with zero attached hydrogens (tertiary/aromatic N) is 2. The maximum Gasteiger partial charge on any atom is 0.269 e. The number of carbonyl (C=O) groups excluding carboxylic acids is 1. The van der Waals surface area contributed by atoms with Crippen LogP contribution in [-0.2, 0) is 0 Å². The number of pyridine rings is 1. The minimum absolute atomic E-state index is 0.0371. The van der Waals surface area contributed by atoms with Crippen LogP contribution in [0.5, 0.6) is 0 Å². The van der Waals surface area contributed by atoms with E-state index in [1.165, 1.54) is 18.4 Å². The van der Waals surface area contributed by atoms with E-state index >= 15 is 0 Å². The average molecular weight is 333 g/mol. The maximum absolute atomic E-state index is 12.6. The number of aromatic nitrogens is 2. The molecule has 2 atom stereocenters. The lowest BCUT2D eigenvalue weighted by Gasteiger charge is -2.13. The number of hydrogen-bond acceptors (Lipinski definition) is 2. The van der Waals surface area contributed by atoms with Crippen molar-refractivity contribution < 1.29 is 4.79 Å². The van der Waals surface area contributed by atoms with E-state index < -0.39 is 0 Å². The highest BCUT2D eigenvalue weighted by molar-refractivity contribution is 5.93. The molecule has 4 nitrogen and oxygen atoms in total. The zero-order valence-corrected chi connectivity index (χ0v) is 14.5. The third-order valence-corrected chi connectivity index (χ3v) is 5.32. The first-order valence-corrected chi connectivity index (χ1v) is 8.98. The van der Waals surface area contributed by atoms with Gasteiger partial charge in [0.15, 0.2) is 0 Å². The third kappa shape index (κ3) is 3.16. The van der Waals surface area contributed by atoms with Crippen LogP contribution < -0.4 is 5.32 Å². The normalized spacial score (nSPS) is 20.0. The van der Waals surface area contributed by atoms with Crippen molar-refractivity contribution >= 4 is 11.6 Å². The predicted octanol–water partition coefficient (Wildman–Crippen LogP) is 3.96. The number of amides is 1. The summed E-state index contributed by atoms with van der Waals surface area (Å²) in [6.45, 7) is 2.73. The molecule has 1 fully saturated rings. The van der Waals surface area contributed by atoms with Crippen LogP contribution in [0, 0.1) is 12.8 Å². The molecule has 1 aliphatic rings. The second-order valence-electron chi connectivity index (χ2n) is 7.00. The molecular formula is C21H23N3O. The summed E-state index contributed by atoms with van der Waals surface area (Å²) in [4.78, 5) is 16.9. The van der Waals surface area contributed by atoms with Crippen molar-refractivity contribution in [1.82, 2.24) is 14.7 Å². The van der Waals surface area contributed by atoms with Gasteiger partial charge in [-0.25, -0.2) is 4.98 Å². The highest BCUT2D eigenvalue weighted by Crippen LogP contribution is 2.37. The molecule has 1 aliphatic carbocycles. The summed E-state index contributed by atoms with van der Waals surface area (Å²) < 4.78 is 1.91. The molecule has 0 bridgehead atoms. The molecule has 4 rings (SSSR count). The Morgan fingerprint density at radius 2 is 2.00 bits per heavy atom. The van der Waals surface area contributed by atoms with Gasteiger partial charge in [-0.05, 0) is 55.7 Å². The van der Waals surface area contributed by atoms with E-state index in [-0.39, 0.29) is 5.91 Å². The molecule has 128 valence electrons. The number of rotatable bonds is 4. The number of carbonyl (C=O) groups is 1. The van der Waals surface area contributed by atoms with Crippen molar-refractivity contribution in [3.8, 4) is 0 Å². The molecule has 4 heteroatoms. The van der Waals surface area contributed by atoms with Gasteiger partial charge in [-0.1, -0.05) is 36.4 Å². The van der Waals surface area contributed by atoms with E-state index in [4.69, 9.17) is 0 Å². The Labute approximate surface area is 147 Å². The molecule has 0 spiro atoms. The molecule has 1 N–H and O–H groups in total. The second kappa shape index (κ2) is 6.71. The Hall–Kier alpha value is -2.62. The van der Waals surface area contributed by atoms with Crippen LogP contribution in [0.25, 0.3) is 5.65 Å². The van der Waals surface area contributed by atoms with Crippen LogP contribution in [-0.4, -0.2) is 21.8 Å². The van der Waals surface area contributed by atoms with Crippen LogP contribution in [0.4, 0.5) is 0 Å². The van der Waals surface area contributed by atoms with E-state index in [0.29, 0.717) is 17.5 Å². The quantitative estimate of drug-likeness (QED) is 0.785. The maximum atomic E-state index is 12.6. The van der Waals surface area contributed by atoms with Crippen LogP contribution >= 0.6 is 0 Å². The summed E-state index contributed by atoms with van der Waals surface area (Å²) in [5, 5.41) is 3.12. The summed E-state index contributed by atoms with van der Waals surface area (Å²) in [5.74, 6) is 1.14. The van der Waals surface area contributed by atoms with Crippen molar-refractivity contribution in [2.24, 2.45) is 5.92 Å². The van der Waals surface area contributed by atoms with Gasteiger partial charge in [0.1, 0.15) is 11.3 Å². The highest BCUT2D eigenvalue weighted by Gasteiger charge is 2.26. The van der Waals surface area contributed by atoms with Crippen LogP contribution in [0.1, 0.15) is 46.9 Å². The fourth-order valence-corrected chi connectivity index (χ4v) is 3.98. The zero-order chi connectivity index (χ0) is 17.2. The van der Waals surface area contributed by atoms with Crippen molar-refractivity contribution in [3.63, 3.8) is 0 Å². The first kappa shape index (κ1) is 15.9.